The van der Waals surface area contributed by atoms with Gasteiger partial charge in [0.1, 0.15) is 6.10 Å². The zero-order chi connectivity index (χ0) is 17.0. The first kappa shape index (κ1) is 17.4. The Kier molecular flexibility index (Phi) is 5.54. The Morgan fingerprint density at radius 3 is 2.71 bits per heavy atom. The first-order valence-corrected chi connectivity index (χ1v) is 8.92. The number of nitrogens with two attached hydrogens (primary N) is 1. The van der Waals surface area contributed by atoms with E-state index in [0.717, 1.165) is 38.9 Å². The molecule has 2 atom stereocenters. The molecule has 0 aliphatic carbocycles. The van der Waals surface area contributed by atoms with Crippen molar-refractivity contribution in [3.05, 3.63) is 35.4 Å². The molecule has 1 amide bonds. The Morgan fingerprint density at radius 2 is 2.04 bits per heavy atom. The molecular weight excluding hydrogens is 304 g/mol. The van der Waals surface area contributed by atoms with Crippen LogP contribution in [0.15, 0.2) is 24.3 Å². The summed E-state index contributed by atoms with van der Waals surface area (Å²) in [5, 5.41) is 3.15. The average Bonchev–Trinajstić information content (AvgIpc) is 3.10. The van der Waals surface area contributed by atoms with Crippen LogP contribution in [0, 0.1) is 6.92 Å². The fraction of sp³-hybridized carbons (Fsp3) is 0.632. The van der Waals surface area contributed by atoms with Gasteiger partial charge >= 0.3 is 0 Å². The number of hydrogen-bond acceptors (Lipinski definition) is 4. The number of aryl methyl sites for hydroxylation is 1. The SMILES string of the molecule is Cc1ccccc1C1(CNC(=O)[C@@H]2CC[C@H](CN)O2)CCOCC1. The van der Waals surface area contributed by atoms with E-state index in [2.05, 4.69) is 36.5 Å². The van der Waals surface area contributed by atoms with E-state index in [9.17, 15) is 4.79 Å². The minimum absolute atomic E-state index is 0.00889. The third kappa shape index (κ3) is 3.63. The molecule has 0 aromatic heterocycles. The highest BCUT2D eigenvalue weighted by Crippen LogP contribution is 2.36. The minimum Gasteiger partial charge on any atom is -0.381 e. The number of carbonyl (C=O) groups excluding carboxylic acids is 1. The normalized spacial score (nSPS) is 26.2. The van der Waals surface area contributed by atoms with Crippen LogP contribution in [0.2, 0.25) is 0 Å². The molecule has 0 saturated carbocycles. The molecule has 3 rings (SSSR count). The molecule has 0 spiro atoms. The summed E-state index contributed by atoms with van der Waals surface area (Å²) in [6.45, 7) is 4.72. The van der Waals surface area contributed by atoms with Crippen molar-refractivity contribution in [1.29, 1.82) is 0 Å². The van der Waals surface area contributed by atoms with Gasteiger partial charge in [-0.25, -0.2) is 0 Å². The quantitative estimate of drug-likeness (QED) is 0.860. The second kappa shape index (κ2) is 7.64. The van der Waals surface area contributed by atoms with E-state index in [1.165, 1.54) is 11.1 Å². The summed E-state index contributed by atoms with van der Waals surface area (Å²) in [6.07, 6.45) is 3.14. The summed E-state index contributed by atoms with van der Waals surface area (Å²) < 4.78 is 11.3. The minimum atomic E-state index is -0.354. The van der Waals surface area contributed by atoms with E-state index in [-0.39, 0.29) is 23.5 Å². The van der Waals surface area contributed by atoms with E-state index in [4.69, 9.17) is 15.2 Å². The van der Waals surface area contributed by atoms with Gasteiger partial charge in [-0.15, -0.1) is 0 Å². The van der Waals surface area contributed by atoms with Crippen molar-refractivity contribution in [2.24, 2.45) is 5.73 Å². The standard InChI is InChI=1S/C19H28N2O3/c1-14-4-2-3-5-16(14)19(8-10-23-11-9-19)13-21-18(22)17-7-6-15(12-20)24-17/h2-5,15,17H,6-13,20H2,1H3,(H,21,22)/t15-,17+/m1/s1. The molecule has 2 heterocycles. The molecule has 24 heavy (non-hydrogen) atoms. The summed E-state index contributed by atoms with van der Waals surface area (Å²) in [6, 6.07) is 8.46. The summed E-state index contributed by atoms with van der Waals surface area (Å²) >= 11 is 0. The molecule has 2 fully saturated rings. The van der Waals surface area contributed by atoms with Crippen molar-refractivity contribution in [2.45, 2.75) is 50.2 Å². The van der Waals surface area contributed by atoms with Gasteiger partial charge in [-0.2, -0.15) is 0 Å². The topological polar surface area (TPSA) is 73.6 Å². The van der Waals surface area contributed by atoms with Gasteiger partial charge < -0.3 is 20.5 Å². The lowest BCUT2D eigenvalue weighted by atomic mass is 9.72. The maximum absolute atomic E-state index is 12.5. The van der Waals surface area contributed by atoms with E-state index in [1.54, 1.807) is 0 Å². The fourth-order valence-corrected chi connectivity index (χ4v) is 3.91. The van der Waals surface area contributed by atoms with Crippen LogP contribution >= 0.6 is 0 Å². The van der Waals surface area contributed by atoms with Gasteiger partial charge in [-0.3, -0.25) is 4.79 Å². The first-order valence-electron chi connectivity index (χ1n) is 8.92. The van der Waals surface area contributed by atoms with Crippen LogP contribution < -0.4 is 11.1 Å². The van der Waals surface area contributed by atoms with E-state index < -0.39 is 0 Å². The predicted octanol–water partition coefficient (Wildman–Crippen LogP) is 1.67. The van der Waals surface area contributed by atoms with E-state index >= 15 is 0 Å². The Labute approximate surface area is 143 Å². The van der Waals surface area contributed by atoms with Crippen molar-refractivity contribution in [3.63, 3.8) is 0 Å². The number of amides is 1. The Bertz CT molecular complexity index is 569. The first-order chi connectivity index (χ1) is 11.6. The molecule has 5 heteroatoms. The lowest BCUT2D eigenvalue weighted by Gasteiger charge is -2.39. The molecule has 0 unspecified atom stereocenters. The van der Waals surface area contributed by atoms with Gasteiger partial charge in [0.15, 0.2) is 0 Å². The number of ether oxygens (including phenoxy) is 2. The third-order valence-electron chi connectivity index (χ3n) is 5.43. The maximum Gasteiger partial charge on any atom is 0.249 e. The summed E-state index contributed by atoms with van der Waals surface area (Å²) in [4.78, 5) is 12.5. The van der Waals surface area contributed by atoms with Crippen molar-refractivity contribution in [2.75, 3.05) is 26.3 Å². The second-order valence-electron chi connectivity index (χ2n) is 6.99. The van der Waals surface area contributed by atoms with Crippen LogP contribution in [-0.4, -0.2) is 44.4 Å². The lowest BCUT2D eigenvalue weighted by molar-refractivity contribution is -0.132. The van der Waals surface area contributed by atoms with E-state index in [1.807, 2.05) is 0 Å². The molecule has 5 nitrogen and oxygen atoms in total. The van der Waals surface area contributed by atoms with Crippen molar-refractivity contribution >= 4 is 5.91 Å². The van der Waals surface area contributed by atoms with E-state index in [0.29, 0.717) is 13.1 Å². The molecule has 1 aromatic rings. The summed E-state index contributed by atoms with van der Waals surface area (Å²) in [5.41, 5.74) is 8.17. The molecule has 2 aliphatic rings. The van der Waals surface area contributed by atoms with Crippen LogP contribution in [0.25, 0.3) is 0 Å². The summed E-state index contributed by atoms with van der Waals surface area (Å²) in [5.74, 6) is -0.00889. The highest BCUT2D eigenvalue weighted by molar-refractivity contribution is 5.81. The smallest absolute Gasteiger partial charge is 0.249 e. The van der Waals surface area contributed by atoms with Crippen LogP contribution in [0.3, 0.4) is 0 Å². The van der Waals surface area contributed by atoms with Crippen molar-refractivity contribution < 1.29 is 14.3 Å². The Morgan fingerprint density at radius 1 is 1.29 bits per heavy atom. The van der Waals surface area contributed by atoms with Crippen molar-refractivity contribution in [1.82, 2.24) is 5.32 Å². The molecule has 2 saturated heterocycles. The Hall–Kier alpha value is -1.43. The van der Waals surface area contributed by atoms with Gasteiger partial charge in [0.25, 0.3) is 0 Å². The van der Waals surface area contributed by atoms with Crippen LogP contribution in [-0.2, 0) is 19.7 Å². The third-order valence-corrected chi connectivity index (χ3v) is 5.43. The van der Waals surface area contributed by atoms with Gasteiger partial charge in [0, 0.05) is 31.7 Å². The number of hydrogen-bond donors (Lipinski definition) is 2. The Balaban J connectivity index is 1.69. The maximum atomic E-state index is 12.5. The zero-order valence-electron chi connectivity index (χ0n) is 14.4. The number of rotatable bonds is 5. The monoisotopic (exact) mass is 332 g/mol. The molecule has 1 aromatic carbocycles. The second-order valence-corrected chi connectivity index (χ2v) is 6.99. The number of benzene rings is 1. The molecule has 0 bridgehead atoms. The fourth-order valence-electron chi connectivity index (χ4n) is 3.91. The highest BCUT2D eigenvalue weighted by Gasteiger charge is 2.37. The van der Waals surface area contributed by atoms with Gasteiger partial charge in [-0.1, -0.05) is 24.3 Å². The molecule has 2 aliphatic heterocycles. The van der Waals surface area contributed by atoms with Crippen molar-refractivity contribution in [3.8, 4) is 0 Å². The molecule has 3 N–H and O–H groups in total. The molecule has 0 radical (unpaired) electrons. The highest BCUT2D eigenvalue weighted by atomic mass is 16.5. The lowest BCUT2D eigenvalue weighted by Crippen LogP contribution is -2.47. The van der Waals surface area contributed by atoms with Gasteiger partial charge in [0.05, 0.1) is 6.10 Å². The zero-order valence-corrected chi connectivity index (χ0v) is 14.4. The largest absolute Gasteiger partial charge is 0.381 e. The predicted molar refractivity (Wildman–Crippen MR) is 92.9 cm³/mol. The molecular formula is C19H28N2O3. The number of carbonyl (C=O) groups is 1. The summed E-state index contributed by atoms with van der Waals surface area (Å²) in [7, 11) is 0. The van der Waals surface area contributed by atoms with Gasteiger partial charge in [0.2, 0.25) is 5.91 Å². The van der Waals surface area contributed by atoms with Crippen LogP contribution in [0.1, 0.15) is 36.8 Å². The van der Waals surface area contributed by atoms with Crippen LogP contribution in [0.5, 0.6) is 0 Å². The number of nitrogens with one attached hydrogen (secondary N) is 1. The van der Waals surface area contributed by atoms with Crippen LogP contribution in [0.4, 0.5) is 0 Å². The van der Waals surface area contributed by atoms with Gasteiger partial charge in [-0.05, 0) is 43.7 Å². The average molecular weight is 332 g/mol. The molecule has 132 valence electrons.